The van der Waals surface area contributed by atoms with E-state index in [0.717, 1.165) is 0 Å². The maximum absolute atomic E-state index is 13.5. The standard InChI is InChI=1S/C15H12FN3O2/c1-20-13-5-3-2-4-10(13)14-18-15(21-19-14)9-6-7-12(17)11(16)8-9/h2-8H,17H2,1H3. The third-order valence-corrected chi connectivity index (χ3v) is 3.02. The average molecular weight is 285 g/mol. The molecule has 106 valence electrons. The van der Waals surface area contributed by atoms with E-state index in [0.29, 0.717) is 22.7 Å². The Bertz CT molecular complexity index is 786. The lowest BCUT2D eigenvalue weighted by molar-refractivity contribution is 0.413. The topological polar surface area (TPSA) is 74.2 Å². The lowest BCUT2D eigenvalue weighted by atomic mass is 10.2. The fraction of sp³-hybridized carbons (Fsp3) is 0.0667. The zero-order valence-corrected chi connectivity index (χ0v) is 11.2. The summed E-state index contributed by atoms with van der Waals surface area (Å²) in [5.41, 5.74) is 6.68. The molecule has 21 heavy (non-hydrogen) atoms. The highest BCUT2D eigenvalue weighted by Gasteiger charge is 2.14. The van der Waals surface area contributed by atoms with Gasteiger partial charge >= 0.3 is 0 Å². The second-order valence-corrected chi connectivity index (χ2v) is 4.36. The lowest BCUT2D eigenvalue weighted by Gasteiger charge is -2.03. The molecule has 5 nitrogen and oxygen atoms in total. The van der Waals surface area contributed by atoms with Gasteiger partial charge in [-0.1, -0.05) is 17.3 Å². The SMILES string of the molecule is COc1ccccc1-c1noc(-c2ccc(N)c(F)c2)n1. The van der Waals surface area contributed by atoms with Crippen LogP contribution in [-0.2, 0) is 0 Å². The number of ether oxygens (including phenoxy) is 1. The molecule has 0 aliphatic heterocycles. The van der Waals surface area contributed by atoms with Crippen LogP contribution in [0.2, 0.25) is 0 Å². The molecule has 3 aromatic rings. The van der Waals surface area contributed by atoms with Gasteiger partial charge in [0.05, 0.1) is 18.4 Å². The van der Waals surface area contributed by atoms with E-state index in [1.54, 1.807) is 19.2 Å². The van der Waals surface area contributed by atoms with Crippen LogP contribution in [0.25, 0.3) is 22.8 Å². The summed E-state index contributed by atoms with van der Waals surface area (Å²) in [6.45, 7) is 0. The van der Waals surface area contributed by atoms with Crippen LogP contribution in [0.4, 0.5) is 10.1 Å². The van der Waals surface area contributed by atoms with Crippen molar-refractivity contribution in [2.24, 2.45) is 0 Å². The van der Waals surface area contributed by atoms with Crippen molar-refractivity contribution < 1.29 is 13.7 Å². The molecule has 0 atom stereocenters. The van der Waals surface area contributed by atoms with Crippen molar-refractivity contribution in [2.45, 2.75) is 0 Å². The molecule has 6 heteroatoms. The molecule has 0 aliphatic rings. The summed E-state index contributed by atoms with van der Waals surface area (Å²) in [4.78, 5) is 4.26. The van der Waals surface area contributed by atoms with Crippen LogP contribution >= 0.6 is 0 Å². The van der Waals surface area contributed by atoms with Crippen LogP contribution in [-0.4, -0.2) is 17.3 Å². The molecular weight excluding hydrogens is 273 g/mol. The number of benzene rings is 2. The number of nitrogen functional groups attached to an aromatic ring is 1. The molecule has 0 aliphatic carbocycles. The number of methoxy groups -OCH3 is 1. The first-order valence-corrected chi connectivity index (χ1v) is 6.21. The highest BCUT2D eigenvalue weighted by molar-refractivity contribution is 5.66. The van der Waals surface area contributed by atoms with Crippen molar-refractivity contribution in [1.82, 2.24) is 10.1 Å². The van der Waals surface area contributed by atoms with E-state index in [2.05, 4.69) is 10.1 Å². The van der Waals surface area contributed by atoms with Gasteiger partial charge in [0.1, 0.15) is 11.6 Å². The Morgan fingerprint density at radius 1 is 1.19 bits per heavy atom. The minimum Gasteiger partial charge on any atom is -0.496 e. The van der Waals surface area contributed by atoms with Gasteiger partial charge in [-0.3, -0.25) is 0 Å². The van der Waals surface area contributed by atoms with Crippen LogP contribution in [0.3, 0.4) is 0 Å². The predicted octanol–water partition coefficient (Wildman–Crippen LogP) is 3.13. The number of halogens is 1. The van der Waals surface area contributed by atoms with Crippen molar-refractivity contribution in [1.29, 1.82) is 0 Å². The molecule has 0 radical (unpaired) electrons. The molecule has 0 saturated heterocycles. The first-order valence-electron chi connectivity index (χ1n) is 6.21. The van der Waals surface area contributed by atoms with E-state index >= 15 is 0 Å². The van der Waals surface area contributed by atoms with E-state index in [1.165, 1.54) is 12.1 Å². The normalized spacial score (nSPS) is 10.6. The average Bonchev–Trinajstić information content (AvgIpc) is 2.99. The molecule has 1 heterocycles. The number of para-hydroxylation sites is 1. The maximum atomic E-state index is 13.5. The Labute approximate surface area is 120 Å². The number of anilines is 1. The van der Waals surface area contributed by atoms with E-state index in [9.17, 15) is 4.39 Å². The van der Waals surface area contributed by atoms with E-state index < -0.39 is 5.82 Å². The van der Waals surface area contributed by atoms with Crippen molar-refractivity contribution in [2.75, 3.05) is 12.8 Å². The van der Waals surface area contributed by atoms with Gasteiger partial charge in [0.15, 0.2) is 0 Å². The number of nitrogens with zero attached hydrogens (tertiary/aromatic N) is 2. The fourth-order valence-corrected chi connectivity index (χ4v) is 1.94. The van der Waals surface area contributed by atoms with Gasteiger partial charge in [0.2, 0.25) is 5.82 Å². The number of hydrogen-bond donors (Lipinski definition) is 1. The van der Waals surface area contributed by atoms with Crippen molar-refractivity contribution in [3.05, 3.63) is 48.3 Å². The van der Waals surface area contributed by atoms with Crippen LogP contribution in [0.1, 0.15) is 0 Å². The first kappa shape index (κ1) is 13.1. The highest BCUT2D eigenvalue weighted by atomic mass is 19.1. The number of hydrogen-bond acceptors (Lipinski definition) is 5. The van der Waals surface area contributed by atoms with Crippen molar-refractivity contribution in [3.63, 3.8) is 0 Å². The number of aromatic nitrogens is 2. The Morgan fingerprint density at radius 2 is 2.00 bits per heavy atom. The van der Waals surface area contributed by atoms with Gasteiger partial charge in [-0.15, -0.1) is 0 Å². The zero-order valence-electron chi connectivity index (χ0n) is 11.2. The van der Waals surface area contributed by atoms with Gasteiger partial charge in [0.25, 0.3) is 5.89 Å². The van der Waals surface area contributed by atoms with E-state index in [4.69, 9.17) is 15.0 Å². The van der Waals surface area contributed by atoms with Crippen molar-refractivity contribution in [3.8, 4) is 28.6 Å². The third kappa shape index (κ3) is 2.43. The molecule has 2 N–H and O–H groups in total. The minimum atomic E-state index is -0.524. The van der Waals surface area contributed by atoms with E-state index in [1.807, 2.05) is 18.2 Å². The molecule has 0 fully saturated rings. The summed E-state index contributed by atoms with van der Waals surface area (Å²) >= 11 is 0. The quantitative estimate of drug-likeness (QED) is 0.748. The molecule has 0 unspecified atom stereocenters. The summed E-state index contributed by atoms with van der Waals surface area (Å²) in [6, 6.07) is 11.6. The second kappa shape index (κ2) is 5.24. The Morgan fingerprint density at radius 3 is 2.76 bits per heavy atom. The smallest absolute Gasteiger partial charge is 0.258 e. The van der Waals surface area contributed by atoms with Gasteiger partial charge < -0.3 is 15.0 Å². The van der Waals surface area contributed by atoms with Crippen molar-refractivity contribution >= 4 is 5.69 Å². The van der Waals surface area contributed by atoms with Gasteiger partial charge in [-0.05, 0) is 30.3 Å². The van der Waals surface area contributed by atoms with Gasteiger partial charge in [-0.25, -0.2) is 4.39 Å². The summed E-state index contributed by atoms with van der Waals surface area (Å²) in [7, 11) is 1.56. The minimum absolute atomic E-state index is 0.0724. The molecule has 0 bridgehead atoms. The summed E-state index contributed by atoms with van der Waals surface area (Å²) in [5, 5.41) is 3.90. The fourth-order valence-electron chi connectivity index (χ4n) is 1.94. The Kier molecular flexibility index (Phi) is 3.27. The Balaban J connectivity index is 2.01. The second-order valence-electron chi connectivity index (χ2n) is 4.36. The van der Waals surface area contributed by atoms with E-state index in [-0.39, 0.29) is 11.6 Å². The monoisotopic (exact) mass is 285 g/mol. The third-order valence-electron chi connectivity index (χ3n) is 3.02. The van der Waals surface area contributed by atoms with Crippen LogP contribution in [0, 0.1) is 5.82 Å². The predicted molar refractivity (Wildman–Crippen MR) is 76.1 cm³/mol. The van der Waals surface area contributed by atoms with Crippen LogP contribution in [0.15, 0.2) is 47.0 Å². The molecular formula is C15H12FN3O2. The van der Waals surface area contributed by atoms with Gasteiger partial charge in [0, 0.05) is 5.56 Å². The highest BCUT2D eigenvalue weighted by Crippen LogP contribution is 2.29. The molecule has 1 aromatic heterocycles. The summed E-state index contributed by atoms with van der Waals surface area (Å²) in [6.07, 6.45) is 0. The van der Waals surface area contributed by atoms with Crippen LogP contribution < -0.4 is 10.5 Å². The Hall–Kier alpha value is -2.89. The largest absolute Gasteiger partial charge is 0.496 e. The number of rotatable bonds is 3. The molecule has 2 aromatic carbocycles. The summed E-state index contributed by atoms with van der Waals surface area (Å²) in [5.74, 6) is 0.701. The molecule has 0 spiro atoms. The lowest BCUT2D eigenvalue weighted by Crippen LogP contribution is -1.91. The molecule has 3 rings (SSSR count). The molecule has 0 saturated carbocycles. The van der Waals surface area contributed by atoms with Gasteiger partial charge in [-0.2, -0.15) is 4.98 Å². The zero-order chi connectivity index (χ0) is 14.8. The number of nitrogens with two attached hydrogens (primary N) is 1. The first-order chi connectivity index (χ1) is 10.2. The summed E-state index contributed by atoms with van der Waals surface area (Å²) < 4.78 is 23.9. The maximum Gasteiger partial charge on any atom is 0.258 e. The molecule has 0 amide bonds. The van der Waals surface area contributed by atoms with Crippen LogP contribution in [0.5, 0.6) is 5.75 Å².